The van der Waals surface area contributed by atoms with Crippen LogP contribution < -0.4 is 19.5 Å². The highest BCUT2D eigenvalue weighted by Gasteiger charge is 2.52. The number of carbonyl (C=O) groups excluding carboxylic acids is 3. The predicted octanol–water partition coefficient (Wildman–Crippen LogP) is 3.38. The fourth-order valence-electron chi connectivity index (χ4n) is 5.31. The SMILES string of the molecule is CC[C@]1(c2ccc(OC)cc2)NC(=O)N(CC(=O)N2CCC[C@H]2c2ccc3c(c2)OCCCO3)C1=O. The van der Waals surface area contributed by atoms with Crippen molar-refractivity contribution in [3.8, 4) is 17.2 Å². The molecule has 3 aliphatic rings. The van der Waals surface area contributed by atoms with E-state index in [9.17, 15) is 14.4 Å². The van der Waals surface area contributed by atoms with Crippen molar-refractivity contribution in [3.63, 3.8) is 0 Å². The number of carbonyl (C=O) groups is 3. The van der Waals surface area contributed by atoms with Gasteiger partial charge in [0.2, 0.25) is 5.91 Å². The summed E-state index contributed by atoms with van der Waals surface area (Å²) >= 11 is 0. The van der Waals surface area contributed by atoms with E-state index in [2.05, 4.69) is 5.32 Å². The number of imide groups is 1. The lowest BCUT2D eigenvalue weighted by molar-refractivity contribution is -0.139. The van der Waals surface area contributed by atoms with Gasteiger partial charge in [-0.1, -0.05) is 25.1 Å². The second kappa shape index (κ2) is 9.72. The minimum Gasteiger partial charge on any atom is -0.497 e. The van der Waals surface area contributed by atoms with Gasteiger partial charge in [0.1, 0.15) is 17.8 Å². The van der Waals surface area contributed by atoms with Gasteiger partial charge in [0.05, 0.1) is 26.4 Å². The molecular weight excluding hydrogens is 462 g/mol. The van der Waals surface area contributed by atoms with Gasteiger partial charge in [-0.2, -0.15) is 0 Å². The molecule has 9 heteroatoms. The van der Waals surface area contributed by atoms with Crippen LogP contribution >= 0.6 is 0 Å². The highest BCUT2D eigenvalue weighted by atomic mass is 16.5. The van der Waals surface area contributed by atoms with Crippen molar-refractivity contribution in [2.75, 3.05) is 33.4 Å². The van der Waals surface area contributed by atoms with E-state index in [0.717, 1.165) is 29.7 Å². The third-order valence-electron chi connectivity index (χ3n) is 7.31. The lowest BCUT2D eigenvalue weighted by atomic mass is 9.87. The Morgan fingerprint density at radius 1 is 1.08 bits per heavy atom. The summed E-state index contributed by atoms with van der Waals surface area (Å²) in [5, 5.41) is 2.85. The first-order chi connectivity index (χ1) is 17.5. The average molecular weight is 494 g/mol. The Balaban J connectivity index is 1.34. The summed E-state index contributed by atoms with van der Waals surface area (Å²) in [6, 6.07) is 12.1. The number of nitrogens with one attached hydrogen (secondary N) is 1. The standard InChI is InChI=1S/C27H31N3O6/c1-3-27(19-8-10-20(34-2)11-9-19)25(32)30(26(33)28-27)17-24(31)29-13-4-6-21(29)18-7-12-22-23(16-18)36-15-5-14-35-22/h7-12,16,21H,3-6,13-15,17H2,1-2H3,(H,28,33)/t21-,27+/m0/s1. The first-order valence-electron chi connectivity index (χ1n) is 12.4. The van der Waals surface area contributed by atoms with E-state index in [1.807, 2.05) is 25.1 Å². The number of rotatable bonds is 6. The summed E-state index contributed by atoms with van der Waals surface area (Å²) in [5.41, 5.74) is 0.413. The molecule has 0 radical (unpaired) electrons. The fraction of sp³-hybridized carbons (Fsp3) is 0.444. The summed E-state index contributed by atoms with van der Waals surface area (Å²) in [7, 11) is 1.57. The molecule has 2 aromatic carbocycles. The van der Waals surface area contributed by atoms with Crippen LogP contribution in [0.1, 0.15) is 49.8 Å². The fourth-order valence-corrected chi connectivity index (χ4v) is 5.31. The van der Waals surface area contributed by atoms with Crippen LogP contribution in [0.3, 0.4) is 0 Å². The minimum absolute atomic E-state index is 0.145. The maximum atomic E-state index is 13.5. The average Bonchev–Trinajstić information content (AvgIpc) is 3.39. The highest BCUT2D eigenvalue weighted by Crippen LogP contribution is 2.39. The molecule has 2 fully saturated rings. The summed E-state index contributed by atoms with van der Waals surface area (Å²) in [5.74, 6) is 1.38. The molecule has 0 aliphatic carbocycles. The van der Waals surface area contributed by atoms with Crippen molar-refractivity contribution in [3.05, 3.63) is 53.6 Å². The van der Waals surface area contributed by atoms with Crippen molar-refractivity contribution < 1.29 is 28.6 Å². The molecular formula is C27H31N3O6. The second-order valence-electron chi connectivity index (χ2n) is 9.31. The number of nitrogens with zero attached hydrogens (tertiary/aromatic N) is 2. The zero-order valence-electron chi connectivity index (χ0n) is 20.6. The van der Waals surface area contributed by atoms with E-state index in [4.69, 9.17) is 14.2 Å². The van der Waals surface area contributed by atoms with Gasteiger partial charge >= 0.3 is 6.03 Å². The van der Waals surface area contributed by atoms with Gasteiger partial charge in [-0.05, 0) is 54.7 Å². The van der Waals surface area contributed by atoms with E-state index in [1.165, 1.54) is 0 Å². The van der Waals surface area contributed by atoms with Gasteiger partial charge in [-0.25, -0.2) is 4.79 Å². The third kappa shape index (κ3) is 4.12. The molecule has 0 spiro atoms. The summed E-state index contributed by atoms with van der Waals surface area (Å²) in [6.07, 6.45) is 2.82. The Bertz CT molecular complexity index is 1170. The number of fused-ring (bicyclic) bond motifs is 1. The van der Waals surface area contributed by atoms with Crippen LogP contribution in [0, 0.1) is 0 Å². The van der Waals surface area contributed by atoms with Crippen molar-refractivity contribution in [2.24, 2.45) is 0 Å². The molecule has 0 aromatic heterocycles. The molecule has 5 rings (SSSR count). The van der Waals surface area contributed by atoms with Crippen LogP contribution in [0.4, 0.5) is 4.79 Å². The van der Waals surface area contributed by atoms with E-state index in [1.54, 1.807) is 36.3 Å². The number of amides is 4. The van der Waals surface area contributed by atoms with Gasteiger partial charge in [0.15, 0.2) is 11.5 Å². The smallest absolute Gasteiger partial charge is 0.325 e. The number of benzene rings is 2. The summed E-state index contributed by atoms with van der Waals surface area (Å²) in [4.78, 5) is 42.7. The third-order valence-corrected chi connectivity index (χ3v) is 7.31. The molecule has 2 aromatic rings. The maximum Gasteiger partial charge on any atom is 0.325 e. The molecule has 1 N–H and O–H groups in total. The Morgan fingerprint density at radius 3 is 2.56 bits per heavy atom. The number of ether oxygens (including phenoxy) is 3. The summed E-state index contributed by atoms with van der Waals surface area (Å²) < 4.78 is 16.8. The Hall–Kier alpha value is -3.75. The first-order valence-corrected chi connectivity index (χ1v) is 12.4. The number of hydrogen-bond acceptors (Lipinski definition) is 6. The molecule has 0 saturated carbocycles. The highest BCUT2D eigenvalue weighted by molar-refractivity contribution is 6.09. The number of urea groups is 1. The molecule has 2 atom stereocenters. The van der Waals surface area contributed by atoms with Gasteiger partial charge < -0.3 is 24.4 Å². The molecule has 9 nitrogen and oxygen atoms in total. The number of methoxy groups -OCH3 is 1. The van der Waals surface area contributed by atoms with Crippen LogP contribution in [-0.2, 0) is 15.1 Å². The first kappa shape index (κ1) is 24.0. The van der Waals surface area contributed by atoms with Crippen LogP contribution in [0.5, 0.6) is 17.2 Å². The van der Waals surface area contributed by atoms with Gasteiger partial charge in [-0.15, -0.1) is 0 Å². The Labute approximate surface area is 210 Å². The van der Waals surface area contributed by atoms with Crippen molar-refractivity contribution in [2.45, 2.75) is 44.2 Å². The zero-order chi connectivity index (χ0) is 25.3. The second-order valence-corrected chi connectivity index (χ2v) is 9.31. The minimum atomic E-state index is -1.21. The largest absolute Gasteiger partial charge is 0.497 e. The molecule has 190 valence electrons. The Kier molecular flexibility index (Phi) is 6.47. The molecule has 0 unspecified atom stereocenters. The van der Waals surface area contributed by atoms with Crippen molar-refractivity contribution in [1.29, 1.82) is 0 Å². The van der Waals surface area contributed by atoms with Gasteiger partial charge in [-0.3, -0.25) is 14.5 Å². The van der Waals surface area contributed by atoms with Crippen LogP contribution in [0.25, 0.3) is 0 Å². The molecule has 4 amide bonds. The number of hydrogen-bond donors (Lipinski definition) is 1. The Morgan fingerprint density at radius 2 is 1.83 bits per heavy atom. The van der Waals surface area contributed by atoms with Gasteiger partial charge in [0, 0.05) is 13.0 Å². The normalized spacial score (nSPS) is 23.4. The van der Waals surface area contributed by atoms with Crippen molar-refractivity contribution in [1.82, 2.24) is 15.1 Å². The lowest BCUT2D eigenvalue weighted by Crippen LogP contribution is -2.45. The van der Waals surface area contributed by atoms with E-state index >= 15 is 0 Å². The monoisotopic (exact) mass is 493 g/mol. The maximum absolute atomic E-state index is 13.5. The molecule has 2 saturated heterocycles. The van der Waals surface area contributed by atoms with Crippen molar-refractivity contribution >= 4 is 17.8 Å². The molecule has 3 aliphatic heterocycles. The van der Waals surface area contributed by atoms with Crippen LogP contribution in [-0.4, -0.2) is 61.1 Å². The quantitative estimate of drug-likeness (QED) is 0.620. The molecule has 0 bridgehead atoms. The van der Waals surface area contributed by atoms with Crippen LogP contribution in [0.15, 0.2) is 42.5 Å². The van der Waals surface area contributed by atoms with E-state index in [-0.39, 0.29) is 18.5 Å². The molecule has 3 heterocycles. The van der Waals surface area contributed by atoms with Crippen LogP contribution in [0.2, 0.25) is 0 Å². The topological polar surface area (TPSA) is 97.4 Å². The van der Waals surface area contributed by atoms with Gasteiger partial charge in [0.25, 0.3) is 5.91 Å². The van der Waals surface area contributed by atoms with E-state index in [0.29, 0.717) is 49.0 Å². The number of likely N-dealkylation sites (tertiary alicyclic amines) is 1. The molecule has 36 heavy (non-hydrogen) atoms. The zero-order valence-corrected chi connectivity index (χ0v) is 20.6. The predicted molar refractivity (Wildman–Crippen MR) is 131 cm³/mol. The summed E-state index contributed by atoms with van der Waals surface area (Å²) in [6.45, 7) is 3.31. The lowest BCUT2D eigenvalue weighted by Gasteiger charge is -2.28. The van der Waals surface area contributed by atoms with E-state index < -0.39 is 17.5 Å².